The van der Waals surface area contributed by atoms with Gasteiger partial charge in [0, 0.05) is 12.1 Å². The molecule has 0 aliphatic carbocycles. The van der Waals surface area contributed by atoms with Crippen molar-refractivity contribution in [3.05, 3.63) is 35.4 Å². The number of rotatable bonds is 3. The van der Waals surface area contributed by atoms with Crippen molar-refractivity contribution in [2.24, 2.45) is 5.73 Å². The molecule has 1 heterocycles. The summed E-state index contributed by atoms with van der Waals surface area (Å²) in [6, 6.07) is 3.64. The smallest absolute Gasteiger partial charge is 0.130 e. The predicted molar refractivity (Wildman–Crippen MR) is 63.6 cm³/mol. The van der Waals surface area contributed by atoms with E-state index in [1.807, 2.05) is 0 Å². The average molecular weight is 240 g/mol. The number of benzene rings is 1. The summed E-state index contributed by atoms with van der Waals surface area (Å²) in [4.78, 5) is 2.09. The van der Waals surface area contributed by atoms with Gasteiger partial charge in [0.2, 0.25) is 0 Å². The number of halogens is 2. The number of piperidine rings is 1. The summed E-state index contributed by atoms with van der Waals surface area (Å²) in [5, 5.41) is 0. The van der Waals surface area contributed by atoms with E-state index in [0.29, 0.717) is 0 Å². The Balaban J connectivity index is 2.27. The van der Waals surface area contributed by atoms with E-state index in [1.165, 1.54) is 24.6 Å². The van der Waals surface area contributed by atoms with Crippen LogP contribution in [-0.4, -0.2) is 24.5 Å². The Hall–Kier alpha value is -1.00. The molecule has 1 aromatic rings. The molecule has 2 rings (SSSR count). The number of likely N-dealkylation sites (tertiary alicyclic amines) is 1. The lowest BCUT2D eigenvalue weighted by Gasteiger charge is -2.34. The van der Waals surface area contributed by atoms with Gasteiger partial charge in [0.1, 0.15) is 11.6 Å². The van der Waals surface area contributed by atoms with Gasteiger partial charge in [-0.2, -0.15) is 0 Å². The van der Waals surface area contributed by atoms with Crippen molar-refractivity contribution in [2.45, 2.75) is 25.3 Å². The largest absolute Gasteiger partial charge is 0.329 e. The monoisotopic (exact) mass is 240 g/mol. The Morgan fingerprint density at radius 2 is 1.71 bits per heavy atom. The van der Waals surface area contributed by atoms with Gasteiger partial charge >= 0.3 is 0 Å². The van der Waals surface area contributed by atoms with Crippen LogP contribution in [0.4, 0.5) is 8.78 Å². The topological polar surface area (TPSA) is 29.3 Å². The Labute approximate surface area is 100 Å². The van der Waals surface area contributed by atoms with E-state index < -0.39 is 11.6 Å². The highest BCUT2D eigenvalue weighted by Crippen LogP contribution is 2.27. The van der Waals surface area contributed by atoms with Crippen molar-refractivity contribution in [3.8, 4) is 0 Å². The molecule has 94 valence electrons. The van der Waals surface area contributed by atoms with Gasteiger partial charge in [0.25, 0.3) is 0 Å². The van der Waals surface area contributed by atoms with Crippen molar-refractivity contribution >= 4 is 0 Å². The maximum absolute atomic E-state index is 13.7. The van der Waals surface area contributed by atoms with Crippen LogP contribution in [0.15, 0.2) is 18.2 Å². The van der Waals surface area contributed by atoms with Gasteiger partial charge in [0.15, 0.2) is 0 Å². The van der Waals surface area contributed by atoms with Crippen LogP contribution < -0.4 is 5.73 Å². The van der Waals surface area contributed by atoms with Crippen LogP contribution in [0, 0.1) is 11.6 Å². The fraction of sp³-hybridized carbons (Fsp3) is 0.538. The lowest BCUT2D eigenvalue weighted by atomic mass is 10.0. The molecule has 1 aromatic carbocycles. The third kappa shape index (κ3) is 2.64. The molecule has 0 bridgehead atoms. The summed E-state index contributed by atoms with van der Waals surface area (Å²) in [5.74, 6) is -0.989. The van der Waals surface area contributed by atoms with Crippen molar-refractivity contribution < 1.29 is 8.78 Å². The first kappa shape index (κ1) is 12.5. The van der Waals surface area contributed by atoms with E-state index in [1.54, 1.807) is 0 Å². The first-order valence-electron chi connectivity index (χ1n) is 6.12. The highest BCUT2D eigenvalue weighted by Gasteiger charge is 2.25. The van der Waals surface area contributed by atoms with Gasteiger partial charge in [-0.05, 0) is 38.1 Å². The second kappa shape index (κ2) is 5.56. The van der Waals surface area contributed by atoms with E-state index in [0.717, 1.165) is 25.9 Å². The summed E-state index contributed by atoms with van der Waals surface area (Å²) >= 11 is 0. The molecule has 2 N–H and O–H groups in total. The minimum absolute atomic E-state index is 0.122. The molecule has 17 heavy (non-hydrogen) atoms. The molecular formula is C13H18F2N2. The zero-order valence-electron chi connectivity index (χ0n) is 9.83. The third-order valence-corrected chi connectivity index (χ3v) is 3.39. The number of nitrogens with two attached hydrogens (primary N) is 1. The number of nitrogens with zero attached hydrogens (tertiary/aromatic N) is 1. The summed E-state index contributed by atoms with van der Waals surface area (Å²) in [5.41, 5.74) is 5.82. The van der Waals surface area contributed by atoms with Crippen LogP contribution in [0.1, 0.15) is 30.9 Å². The van der Waals surface area contributed by atoms with E-state index in [9.17, 15) is 8.78 Å². The summed E-state index contributed by atoms with van der Waals surface area (Å²) in [6.07, 6.45) is 3.34. The van der Waals surface area contributed by atoms with E-state index in [4.69, 9.17) is 5.73 Å². The zero-order valence-corrected chi connectivity index (χ0v) is 9.83. The first-order valence-corrected chi connectivity index (χ1v) is 6.12. The molecule has 1 aliphatic rings. The second-order valence-electron chi connectivity index (χ2n) is 4.48. The molecule has 0 spiro atoms. The molecule has 2 nitrogen and oxygen atoms in total. The molecule has 0 radical (unpaired) electrons. The predicted octanol–water partition coefficient (Wildman–Crippen LogP) is 2.45. The molecule has 1 aliphatic heterocycles. The van der Waals surface area contributed by atoms with Gasteiger partial charge in [-0.3, -0.25) is 4.90 Å². The minimum Gasteiger partial charge on any atom is -0.329 e. The number of hydrogen-bond acceptors (Lipinski definition) is 2. The summed E-state index contributed by atoms with van der Waals surface area (Å²) in [6.45, 7) is 1.99. The van der Waals surface area contributed by atoms with Crippen molar-refractivity contribution in [1.82, 2.24) is 4.90 Å². The van der Waals surface area contributed by atoms with Crippen molar-refractivity contribution in [1.29, 1.82) is 0 Å². The summed E-state index contributed by atoms with van der Waals surface area (Å²) < 4.78 is 27.4. The van der Waals surface area contributed by atoms with Crippen LogP contribution in [-0.2, 0) is 0 Å². The van der Waals surface area contributed by atoms with E-state index in [-0.39, 0.29) is 18.2 Å². The van der Waals surface area contributed by atoms with Crippen LogP contribution in [0.5, 0.6) is 0 Å². The Morgan fingerprint density at radius 3 is 2.24 bits per heavy atom. The van der Waals surface area contributed by atoms with E-state index >= 15 is 0 Å². The molecular weight excluding hydrogens is 222 g/mol. The molecule has 0 unspecified atom stereocenters. The van der Waals surface area contributed by atoms with Crippen molar-refractivity contribution in [3.63, 3.8) is 0 Å². The second-order valence-corrected chi connectivity index (χ2v) is 4.48. The van der Waals surface area contributed by atoms with Crippen LogP contribution in [0.2, 0.25) is 0 Å². The fourth-order valence-corrected chi connectivity index (χ4v) is 2.51. The van der Waals surface area contributed by atoms with Gasteiger partial charge in [-0.1, -0.05) is 12.5 Å². The average Bonchev–Trinajstić information content (AvgIpc) is 2.35. The Morgan fingerprint density at radius 1 is 1.12 bits per heavy atom. The first-order chi connectivity index (χ1) is 8.24. The minimum atomic E-state index is -0.494. The molecule has 1 atom stereocenters. The molecule has 1 fully saturated rings. The normalized spacial score (nSPS) is 19.2. The highest BCUT2D eigenvalue weighted by atomic mass is 19.1. The summed E-state index contributed by atoms with van der Waals surface area (Å²) in [7, 11) is 0. The molecule has 4 heteroatoms. The quantitative estimate of drug-likeness (QED) is 0.879. The lowest BCUT2D eigenvalue weighted by Crippen LogP contribution is -2.38. The molecule has 0 aromatic heterocycles. The standard InChI is InChI=1S/C13H18F2N2/c14-10-5-4-6-11(15)13(10)12(9-16)17-7-2-1-3-8-17/h4-6,12H,1-3,7-9,16H2/t12-/m1/s1. The van der Waals surface area contributed by atoms with Crippen LogP contribution in [0.3, 0.4) is 0 Å². The Kier molecular flexibility index (Phi) is 4.07. The van der Waals surface area contributed by atoms with Gasteiger partial charge in [0.05, 0.1) is 6.04 Å². The third-order valence-electron chi connectivity index (χ3n) is 3.39. The number of hydrogen-bond donors (Lipinski definition) is 1. The van der Waals surface area contributed by atoms with Gasteiger partial charge in [-0.25, -0.2) is 8.78 Å². The van der Waals surface area contributed by atoms with E-state index in [2.05, 4.69) is 4.90 Å². The highest BCUT2D eigenvalue weighted by molar-refractivity contribution is 5.24. The van der Waals surface area contributed by atoms with Crippen LogP contribution >= 0.6 is 0 Å². The van der Waals surface area contributed by atoms with Crippen LogP contribution in [0.25, 0.3) is 0 Å². The SMILES string of the molecule is NC[C@H](c1c(F)cccc1F)N1CCCCC1. The maximum atomic E-state index is 13.7. The molecule has 1 saturated heterocycles. The Bertz CT molecular complexity index is 355. The van der Waals surface area contributed by atoms with Crippen molar-refractivity contribution in [2.75, 3.05) is 19.6 Å². The van der Waals surface area contributed by atoms with Gasteiger partial charge in [-0.15, -0.1) is 0 Å². The zero-order chi connectivity index (χ0) is 12.3. The van der Waals surface area contributed by atoms with Gasteiger partial charge < -0.3 is 5.73 Å². The maximum Gasteiger partial charge on any atom is 0.130 e. The molecule has 0 saturated carbocycles. The fourth-order valence-electron chi connectivity index (χ4n) is 2.51. The lowest BCUT2D eigenvalue weighted by molar-refractivity contribution is 0.161. The molecule has 0 amide bonds.